The van der Waals surface area contributed by atoms with Crippen molar-refractivity contribution in [1.29, 1.82) is 0 Å². The monoisotopic (exact) mass is 440 g/mol. The molecule has 3 aromatic rings. The minimum absolute atomic E-state index is 0.296. The van der Waals surface area contributed by atoms with E-state index in [1.54, 1.807) is 7.05 Å². The fourth-order valence-corrected chi connectivity index (χ4v) is 4.82. The molecule has 1 aliphatic heterocycles. The van der Waals surface area contributed by atoms with Crippen LogP contribution >= 0.6 is 11.8 Å². The smallest absolute Gasteiger partial charge is 0.300 e. The van der Waals surface area contributed by atoms with Gasteiger partial charge in [-0.05, 0) is 31.5 Å². The number of hydrogen-bond acceptors (Lipinski definition) is 6. The molecule has 0 N–H and O–H groups in total. The molecule has 1 saturated heterocycles. The molecule has 8 nitrogen and oxygen atoms in total. The van der Waals surface area contributed by atoms with Gasteiger partial charge < -0.3 is 4.57 Å². The third-order valence-corrected chi connectivity index (χ3v) is 6.77. The largest absolute Gasteiger partial charge is 0.330 e. The zero-order valence-electron chi connectivity index (χ0n) is 18.0. The Morgan fingerprint density at radius 3 is 2.42 bits per heavy atom. The second-order valence-electron chi connectivity index (χ2n) is 7.97. The quantitative estimate of drug-likeness (QED) is 0.523. The standard InChI is InChI=1S/C22H28N6O2S/c1-25-18(13-20(29)26(2)22(25)30)16-31-21-24-23-19(15-27-11-7-4-8-12-27)28(21)14-17-9-5-3-6-10-17/h3,5-6,9-10,13H,4,7-8,11-12,14-16H2,1-2H3. The molecule has 0 aliphatic carbocycles. The molecular formula is C22H28N6O2S. The van der Waals surface area contributed by atoms with Crippen molar-refractivity contribution < 1.29 is 0 Å². The first-order valence-electron chi connectivity index (χ1n) is 10.6. The number of rotatable bonds is 7. The molecule has 9 heteroatoms. The van der Waals surface area contributed by atoms with Crippen molar-refractivity contribution in [3.05, 3.63) is 74.3 Å². The van der Waals surface area contributed by atoms with E-state index in [0.717, 1.165) is 35.2 Å². The number of benzene rings is 1. The first kappa shape index (κ1) is 21.6. The molecule has 0 radical (unpaired) electrons. The maximum atomic E-state index is 12.2. The van der Waals surface area contributed by atoms with Gasteiger partial charge in [0.2, 0.25) is 0 Å². The lowest BCUT2D eigenvalue weighted by molar-refractivity contribution is 0.213. The van der Waals surface area contributed by atoms with Gasteiger partial charge in [0.05, 0.1) is 13.1 Å². The van der Waals surface area contributed by atoms with Crippen molar-refractivity contribution in [3.63, 3.8) is 0 Å². The normalized spacial score (nSPS) is 14.8. The highest BCUT2D eigenvalue weighted by Crippen LogP contribution is 2.23. The van der Waals surface area contributed by atoms with Gasteiger partial charge in [-0.2, -0.15) is 0 Å². The van der Waals surface area contributed by atoms with E-state index in [1.807, 2.05) is 18.2 Å². The van der Waals surface area contributed by atoms with Crippen LogP contribution in [0.3, 0.4) is 0 Å². The molecule has 3 heterocycles. The molecular weight excluding hydrogens is 412 g/mol. The Morgan fingerprint density at radius 2 is 1.68 bits per heavy atom. The number of nitrogens with zero attached hydrogens (tertiary/aromatic N) is 6. The summed E-state index contributed by atoms with van der Waals surface area (Å²) >= 11 is 1.50. The second kappa shape index (κ2) is 9.65. The lowest BCUT2D eigenvalue weighted by Crippen LogP contribution is -2.37. The Morgan fingerprint density at radius 1 is 0.935 bits per heavy atom. The number of hydrogen-bond donors (Lipinski definition) is 0. The van der Waals surface area contributed by atoms with Crippen LogP contribution in [-0.4, -0.2) is 41.9 Å². The van der Waals surface area contributed by atoms with Crippen LogP contribution in [0.15, 0.2) is 51.1 Å². The van der Waals surface area contributed by atoms with Crippen molar-refractivity contribution in [1.82, 2.24) is 28.8 Å². The zero-order chi connectivity index (χ0) is 21.8. The van der Waals surface area contributed by atoms with Crippen molar-refractivity contribution in [2.24, 2.45) is 14.1 Å². The van der Waals surface area contributed by atoms with Gasteiger partial charge in [0.15, 0.2) is 5.16 Å². The highest BCUT2D eigenvalue weighted by molar-refractivity contribution is 7.98. The molecule has 0 spiro atoms. The van der Waals surface area contributed by atoms with E-state index >= 15 is 0 Å². The van der Waals surface area contributed by atoms with E-state index in [0.29, 0.717) is 18.0 Å². The molecule has 1 aromatic carbocycles. The Labute approximate surface area is 185 Å². The van der Waals surface area contributed by atoms with Crippen LogP contribution < -0.4 is 11.2 Å². The molecule has 2 aromatic heterocycles. The summed E-state index contributed by atoms with van der Waals surface area (Å²) in [5, 5.41) is 9.77. The van der Waals surface area contributed by atoms with Gasteiger partial charge in [0, 0.05) is 31.6 Å². The van der Waals surface area contributed by atoms with Gasteiger partial charge in [0.1, 0.15) is 5.82 Å². The van der Waals surface area contributed by atoms with Crippen LogP contribution in [0.1, 0.15) is 36.3 Å². The van der Waals surface area contributed by atoms with E-state index < -0.39 is 0 Å². The number of thioether (sulfide) groups is 1. The summed E-state index contributed by atoms with van der Waals surface area (Å²) in [6, 6.07) is 11.8. The molecule has 0 amide bonds. The average molecular weight is 441 g/mol. The highest BCUT2D eigenvalue weighted by Gasteiger charge is 2.18. The Bertz CT molecular complexity index is 1150. The average Bonchev–Trinajstić information content (AvgIpc) is 3.16. The van der Waals surface area contributed by atoms with Gasteiger partial charge in [-0.25, -0.2) is 4.79 Å². The summed E-state index contributed by atoms with van der Waals surface area (Å²) in [5.41, 5.74) is 1.24. The minimum Gasteiger partial charge on any atom is -0.300 e. The molecule has 1 fully saturated rings. The zero-order valence-corrected chi connectivity index (χ0v) is 18.8. The molecule has 0 saturated carbocycles. The predicted octanol–water partition coefficient (Wildman–Crippen LogP) is 2.00. The van der Waals surface area contributed by atoms with Crippen LogP contribution in [0.5, 0.6) is 0 Å². The van der Waals surface area contributed by atoms with Gasteiger partial charge in [0.25, 0.3) is 5.56 Å². The van der Waals surface area contributed by atoms with Crippen molar-refractivity contribution >= 4 is 11.8 Å². The predicted molar refractivity (Wildman–Crippen MR) is 121 cm³/mol. The Balaban J connectivity index is 1.59. The van der Waals surface area contributed by atoms with E-state index in [9.17, 15) is 9.59 Å². The van der Waals surface area contributed by atoms with Crippen LogP contribution in [0, 0.1) is 0 Å². The molecule has 4 rings (SSSR count). The highest BCUT2D eigenvalue weighted by atomic mass is 32.2. The Kier molecular flexibility index (Phi) is 6.72. The van der Waals surface area contributed by atoms with Crippen LogP contribution in [0.4, 0.5) is 0 Å². The lowest BCUT2D eigenvalue weighted by Gasteiger charge is -2.26. The molecule has 31 heavy (non-hydrogen) atoms. The fraction of sp³-hybridized carbons (Fsp3) is 0.455. The minimum atomic E-state index is -0.320. The SMILES string of the molecule is Cn1c(CSc2nnc(CN3CCCCC3)n2Cc2ccccc2)cc(=O)n(C)c1=O. The fourth-order valence-electron chi connectivity index (χ4n) is 3.84. The molecule has 0 unspecified atom stereocenters. The number of piperidine rings is 1. The maximum absolute atomic E-state index is 12.2. The first-order chi connectivity index (χ1) is 15.0. The van der Waals surface area contributed by atoms with Crippen molar-refractivity contribution in [3.8, 4) is 0 Å². The molecule has 1 aliphatic rings. The summed E-state index contributed by atoms with van der Waals surface area (Å²) in [6.07, 6.45) is 3.75. The summed E-state index contributed by atoms with van der Waals surface area (Å²) in [7, 11) is 3.18. The summed E-state index contributed by atoms with van der Waals surface area (Å²) in [4.78, 5) is 26.7. The Hall–Kier alpha value is -2.65. The summed E-state index contributed by atoms with van der Waals surface area (Å²) in [6.45, 7) is 3.66. The number of likely N-dealkylation sites (tertiary alicyclic amines) is 1. The molecule has 0 atom stereocenters. The number of aromatic nitrogens is 5. The van der Waals surface area contributed by atoms with Crippen LogP contribution in [0.25, 0.3) is 0 Å². The first-order valence-corrected chi connectivity index (χ1v) is 11.6. The van der Waals surface area contributed by atoms with Crippen molar-refractivity contribution in [2.45, 2.75) is 43.3 Å². The van der Waals surface area contributed by atoms with E-state index in [1.165, 1.54) is 54.3 Å². The third-order valence-electron chi connectivity index (χ3n) is 5.77. The van der Waals surface area contributed by atoms with Gasteiger partial charge in [-0.1, -0.05) is 48.5 Å². The van der Waals surface area contributed by atoms with Gasteiger partial charge >= 0.3 is 5.69 Å². The molecule has 164 valence electrons. The van der Waals surface area contributed by atoms with Gasteiger partial charge in [-0.3, -0.25) is 18.8 Å². The topological polar surface area (TPSA) is 78.0 Å². The van der Waals surface area contributed by atoms with Gasteiger partial charge in [-0.15, -0.1) is 10.2 Å². The third kappa shape index (κ3) is 4.99. The van der Waals surface area contributed by atoms with Crippen LogP contribution in [-0.2, 0) is 32.9 Å². The second-order valence-corrected chi connectivity index (χ2v) is 8.91. The van der Waals surface area contributed by atoms with Crippen molar-refractivity contribution in [2.75, 3.05) is 13.1 Å². The maximum Gasteiger partial charge on any atom is 0.330 e. The van der Waals surface area contributed by atoms with E-state index in [4.69, 9.17) is 0 Å². The molecule has 0 bridgehead atoms. The lowest BCUT2D eigenvalue weighted by atomic mass is 10.1. The van der Waals surface area contributed by atoms with E-state index in [-0.39, 0.29) is 11.2 Å². The summed E-state index contributed by atoms with van der Waals surface area (Å²) in [5.74, 6) is 1.42. The van der Waals surface area contributed by atoms with Crippen LogP contribution in [0.2, 0.25) is 0 Å². The van der Waals surface area contributed by atoms with E-state index in [2.05, 4.69) is 31.8 Å². The summed E-state index contributed by atoms with van der Waals surface area (Å²) < 4.78 is 4.79.